The van der Waals surface area contributed by atoms with Gasteiger partial charge in [-0.15, -0.1) is 11.8 Å². The Bertz CT molecular complexity index is 646. The van der Waals surface area contributed by atoms with Crippen LogP contribution in [0, 0.1) is 5.82 Å². The predicted octanol–water partition coefficient (Wildman–Crippen LogP) is 4.48. The molecule has 1 amide bonds. The van der Waals surface area contributed by atoms with Gasteiger partial charge in [0.05, 0.1) is 5.56 Å². The molecular weight excluding hydrogens is 323 g/mol. The van der Waals surface area contributed by atoms with E-state index in [-0.39, 0.29) is 11.7 Å². The van der Waals surface area contributed by atoms with E-state index in [4.69, 9.17) is 0 Å². The van der Waals surface area contributed by atoms with Crippen LogP contribution in [0.2, 0.25) is 0 Å². The zero-order valence-electron chi connectivity index (χ0n) is 13.9. The first-order valence-electron chi connectivity index (χ1n) is 8.31. The number of aryl methyl sites for hydroxylation is 1. The third kappa shape index (κ3) is 5.96. The summed E-state index contributed by atoms with van der Waals surface area (Å²) in [4.78, 5) is 16.6. The molecule has 5 heteroatoms. The minimum atomic E-state index is -0.208. The monoisotopic (exact) mass is 346 g/mol. The lowest BCUT2D eigenvalue weighted by atomic mass is 10.1. The standard InChI is InChI=1S/C19H23FN2OS/c1-2-3-12-21-18(23)17-7-4-13-22-19(17)24-14-5-6-15-8-10-16(20)11-9-15/h4,7-11,13H,2-3,5-6,12,14H2,1H3,(H,21,23). The summed E-state index contributed by atoms with van der Waals surface area (Å²) in [7, 11) is 0. The average Bonchev–Trinajstić information content (AvgIpc) is 2.61. The van der Waals surface area contributed by atoms with Gasteiger partial charge < -0.3 is 5.32 Å². The minimum absolute atomic E-state index is 0.0578. The van der Waals surface area contributed by atoms with Gasteiger partial charge in [-0.2, -0.15) is 0 Å². The summed E-state index contributed by atoms with van der Waals surface area (Å²) in [5, 5.41) is 3.70. The van der Waals surface area contributed by atoms with Gasteiger partial charge in [0.15, 0.2) is 0 Å². The Morgan fingerprint density at radius 3 is 2.75 bits per heavy atom. The lowest BCUT2D eigenvalue weighted by Gasteiger charge is -2.09. The van der Waals surface area contributed by atoms with E-state index in [0.29, 0.717) is 12.1 Å². The van der Waals surface area contributed by atoms with Crippen molar-refractivity contribution in [2.24, 2.45) is 0 Å². The van der Waals surface area contributed by atoms with Crippen molar-refractivity contribution in [2.45, 2.75) is 37.6 Å². The molecule has 2 rings (SSSR count). The molecule has 24 heavy (non-hydrogen) atoms. The van der Waals surface area contributed by atoms with Crippen molar-refractivity contribution in [3.63, 3.8) is 0 Å². The molecule has 0 aliphatic rings. The summed E-state index contributed by atoms with van der Waals surface area (Å²) in [6.07, 6.45) is 5.58. The summed E-state index contributed by atoms with van der Waals surface area (Å²) >= 11 is 1.59. The second-order valence-corrected chi connectivity index (χ2v) is 6.63. The Labute approximate surface area is 147 Å². The maximum atomic E-state index is 12.9. The fraction of sp³-hybridized carbons (Fsp3) is 0.368. The second kappa shape index (κ2) is 10.1. The van der Waals surface area contributed by atoms with Crippen molar-refractivity contribution in [1.82, 2.24) is 10.3 Å². The van der Waals surface area contributed by atoms with Gasteiger partial charge in [-0.25, -0.2) is 9.37 Å². The highest BCUT2D eigenvalue weighted by molar-refractivity contribution is 7.99. The van der Waals surface area contributed by atoms with E-state index in [0.717, 1.165) is 42.0 Å². The van der Waals surface area contributed by atoms with Crippen LogP contribution >= 0.6 is 11.8 Å². The van der Waals surface area contributed by atoms with Crippen LogP contribution in [0.4, 0.5) is 4.39 Å². The second-order valence-electron chi connectivity index (χ2n) is 5.54. The minimum Gasteiger partial charge on any atom is -0.352 e. The number of benzene rings is 1. The van der Waals surface area contributed by atoms with E-state index < -0.39 is 0 Å². The van der Waals surface area contributed by atoms with Crippen LogP contribution in [-0.4, -0.2) is 23.2 Å². The van der Waals surface area contributed by atoms with E-state index in [9.17, 15) is 9.18 Å². The molecular formula is C19H23FN2OS. The Kier molecular flexibility index (Phi) is 7.75. The number of rotatable bonds is 9. The summed E-state index contributed by atoms with van der Waals surface area (Å²) < 4.78 is 12.9. The number of hydrogen-bond donors (Lipinski definition) is 1. The van der Waals surface area contributed by atoms with Crippen LogP contribution in [0.5, 0.6) is 0 Å². The molecule has 1 aromatic heterocycles. The fourth-order valence-electron chi connectivity index (χ4n) is 2.25. The van der Waals surface area contributed by atoms with E-state index in [2.05, 4.69) is 17.2 Å². The Balaban J connectivity index is 1.83. The number of carbonyl (C=O) groups excluding carboxylic acids is 1. The lowest BCUT2D eigenvalue weighted by molar-refractivity contribution is 0.0949. The van der Waals surface area contributed by atoms with Crippen LogP contribution in [0.1, 0.15) is 42.1 Å². The highest BCUT2D eigenvalue weighted by atomic mass is 32.2. The van der Waals surface area contributed by atoms with Gasteiger partial charge >= 0.3 is 0 Å². The van der Waals surface area contributed by atoms with Crippen LogP contribution in [0.3, 0.4) is 0 Å². The number of hydrogen-bond acceptors (Lipinski definition) is 3. The molecule has 0 atom stereocenters. The molecule has 0 saturated carbocycles. The number of pyridine rings is 1. The Morgan fingerprint density at radius 1 is 1.21 bits per heavy atom. The molecule has 0 radical (unpaired) electrons. The average molecular weight is 346 g/mol. The van der Waals surface area contributed by atoms with Crippen molar-refractivity contribution in [3.8, 4) is 0 Å². The van der Waals surface area contributed by atoms with Gasteiger partial charge in [-0.1, -0.05) is 25.5 Å². The van der Waals surface area contributed by atoms with E-state index >= 15 is 0 Å². The number of nitrogens with one attached hydrogen (secondary N) is 1. The van der Waals surface area contributed by atoms with E-state index in [1.54, 1.807) is 24.0 Å². The van der Waals surface area contributed by atoms with Gasteiger partial charge in [0.25, 0.3) is 5.91 Å². The first kappa shape index (κ1) is 18.5. The zero-order chi connectivity index (χ0) is 17.2. The highest BCUT2D eigenvalue weighted by Crippen LogP contribution is 2.21. The molecule has 2 aromatic rings. The summed E-state index contributed by atoms with van der Waals surface area (Å²) in [6, 6.07) is 10.2. The summed E-state index contributed by atoms with van der Waals surface area (Å²) in [5.41, 5.74) is 1.76. The summed E-state index contributed by atoms with van der Waals surface area (Å²) in [5.74, 6) is 0.599. The molecule has 0 bridgehead atoms. The van der Waals surface area contributed by atoms with E-state index in [1.165, 1.54) is 12.1 Å². The number of aromatic nitrogens is 1. The van der Waals surface area contributed by atoms with Crippen LogP contribution in [0.25, 0.3) is 0 Å². The topological polar surface area (TPSA) is 42.0 Å². The largest absolute Gasteiger partial charge is 0.352 e. The molecule has 1 aromatic carbocycles. The zero-order valence-corrected chi connectivity index (χ0v) is 14.7. The van der Waals surface area contributed by atoms with Crippen LogP contribution in [-0.2, 0) is 6.42 Å². The predicted molar refractivity (Wildman–Crippen MR) is 96.9 cm³/mol. The van der Waals surface area contributed by atoms with E-state index in [1.807, 2.05) is 18.2 Å². The first-order chi connectivity index (χ1) is 11.7. The fourth-order valence-corrected chi connectivity index (χ4v) is 3.18. The normalized spacial score (nSPS) is 10.6. The molecule has 0 saturated heterocycles. The van der Waals surface area contributed by atoms with Crippen molar-refractivity contribution < 1.29 is 9.18 Å². The molecule has 0 unspecified atom stereocenters. The Hall–Kier alpha value is -1.88. The molecule has 0 fully saturated rings. The molecule has 128 valence electrons. The van der Waals surface area contributed by atoms with Crippen molar-refractivity contribution in [1.29, 1.82) is 0 Å². The van der Waals surface area contributed by atoms with Crippen LogP contribution in [0.15, 0.2) is 47.6 Å². The van der Waals surface area contributed by atoms with Crippen molar-refractivity contribution in [2.75, 3.05) is 12.3 Å². The third-order valence-corrected chi connectivity index (χ3v) is 4.69. The number of unbranched alkanes of at least 4 members (excludes halogenated alkanes) is 1. The number of amides is 1. The van der Waals surface area contributed by atoms with Gasteiger partial charge in [0.2, 0.25) is 0 Å². The summed E-state index contributed by atoms with van der Waals surface area (Å²) in [6.45, 7) is 2.79. The third-order valence-electron chi connectivity index (χ3n) is 3.59. The number of halogens is 1. The molecule has 0 aliphatic carbocycles. The molecule has 0 aliphatic heterocycles. The molecule has 3 nitrogen and oxygen atoms in total. The van der Waals surface area contributed by atoms with Crippen LogP contribution < -0.4 is 5.32 Å². The molecule has 1 heterocycles. The molecule has 0 spiro atoms. The van der Waals surface area contributed by atoms with Gasteiger partial charge in [-0.3, -0.25) is 4.79 Å². The number of thioether (sulfide) groups is 1. The SMILES string of the molecule is CCCCNC(=O)c1cccnc1SCCCc1ccc(F)cc1. The van der Waals surface area contributed by atoms with Gasteiger partial charge in [0, 0.05) is 12.7 Å². The Morgan fingerprint density at radius 2 is 2.00 bits per heavy atom. The van der Waals surface area contributed by atoms with Crippen molar-refractivity contribution >= 4 is 17.7 Å². The number of nitrogens with zero attached hydrogens (tertiary/aromatic N) is 1. The maximum absolute atomic E-state index is 12.9. The maximum Gasteiger partial charge on any atom is 0.254 e. The first-order valence-corrected chi connectivity index (χ1v) is 9.29. The number of carbonyl (C=O) groups is 1. The van der Waals surface area contributed by atoms with Gasteiger partial charge in [0.1, 0.15) is 10.8 Å². The lowest BCUT2D eigenvalue weighted by Crippen LogP contribution is -2.25. The highest BCUT2D eigenvalue weighted by Gasteiger charge is 2.11. The van der Waals surface area contributed by atoms with Crippen molar-refractivity contribution in [3.05, 3.63) is 59.5 Å². The quantitative estimate of drug-likeness (QED) is 0.538. The molecule has 1 N–H and O–H groups in total. The smallest absolute Gasteiger partial charge is 0.254 e. The van der Waals surface area contributed by atoms with Gasteiger partial charge in [-0.05, 0) is 54.8 Å².